The van der Waals surface area contributed by atoms with Crippen LogP contribution in [0.2, 0.25) is 5.02 Å². The van der Waals surface area contributed by atoms with Crippen LogP contribution in [0.4, 0.5) is 4.39 Å². The number of benzene rings is 1. The first-order chi connectivity index (χ1) is 9.86. The lowest BCUT2D eigenvalue weighted by Gasteiger charge is -2.24. The molecule has 0 saturated carbocycles. The summed E-state index contributed by atoms with van der Waals surface area (Å²) in [6.45, 7) is 1.22. The van der Waals surface area contributed by atoms with Crippen LogP contribution in [0.15, 0.2) is 18.2 Å². The molecule has 1 unspecified atom stereocenters. The number of nitrogens with zero attached hydrogens (tertiary/aromatic N) is 2. The average Bonchev–Trinajstić information content (AvgIpc) is 2.92. The van der Waals surface area contributed by atoms with Crippen LogP contribution in [-0.4, -0.2) is 43.7 Å². The van der Waals surface area contributed by atoms with E-state index < -0.39 is 16.0 Å². The number of hydrogen-bond donors (Lipinski definition) is 1. The predicted octanol–water partition coefficient (Wildman–Crippen LogP) is 1.44. The van der Waals surface area contributed by atoms with Crippen LogP contribution in [0.5, 0.6) is 0 Å². The number of rotatable bonds is 5. The van der Waals surface area contributed by atoms with E-state index in [0.29, 0.717) is 19.6 Å². The van der Waals surface area contributed by atoms with Crippen molar-refractivity contribution in [3.63, 3.8) is 0 Å². The van der Waals surface area contributed by atoms with Crippen molar-refractivity contribution in [2.45, 2.75) is 13.0 Å². The maximum Gasteiger partial charge on any atom is 0.282 e. The highest BCUT2D eigenvalue weighted by atomic mass is 35.5. The van der Waals surface area contributed by atoms with Crippen LogP contribution in [0.3, 0.4) is 0 Å². The third kappa shape index (κ3) is 3.54. The summed E-state index contributed by atoms with van der Waals surface area (Å²) in [7, 11) is -2.20. The van der Waals surface area contributed by atoms with Gasteiger partial charge >= 0.3 is 0 Å². The van der Waals surface area contributed by atoms with E-state index >= 15 is 0 Å². The van der Waals surface area contributed by atoms with Crippen molar-refractivity contribution in [1.29, 1.82) is 0 Å². The Morgan fingerprint density at radius 1 is 1.52 bits per heavy atom. The molecule has 1 aromatic carbocycles. The zero-order chi connectivity index (χ0) is 15.6. The lowest BCUT2D eigenvalue weighted by Crippen LogP contribution is -2.40. The van der Waals surface area contributed by atoms with Crippen LogP contribution in [0.1, 0.15) is 12.0 Å². The first-order valence-electron chi connectivity index (χ1n) is 6.70. The molecule has 0 radical (unpaired) electrons. The molecular formula is C13H19ClFN3O2S. The van der Waals surface area contributed by atoms with E-state index in [1.54, 1.807) is 6.07 Å². The molecule has 1 heterocycles. The van der Waals surface area contributed by atoms with Gasteiger partial charge in [0.2, 0.25) is 0 Å². The maximum absolute atomic E-state index is 13.8. The van der Waals surface area contributed by atoms with Gasteiger partial charge in [-0.1, -0.05) is 17.7 Å². The standard InChI is InChI=1S/C13H19ClFN3O2S/c1-17(9-11-12(14)3-2-4-13(11)15)21(19,20)18-6-5-10(7-16)8-18/h2-4,10H,5-9,16H2,1H3. The second-order valence-electron chi connectivity index (χ2n) is 5.21. The average molecular weight is 336 g/mol. The van der Waals surface area contributed by atoms with E-state index in [2.05, 4.69) is 0 Å². The molecule has 1 aliphatic rings. The Labute approximate surface area is 129 Å². The molecule has 2 rings (SSSR count). The molecular weight excluding hydrogens is 317 g/mol. The molecule has 1 aromatic rings. The normalized spacial score (nSPS) is 20.3. The number of halogens is 2. The molecule has 118 valence electrons. The Morgan fingerprint density at radius 3 is 2.81 bits per heavy atom. The van der Waals surface area contributed by atoms with Crippen LogP contribution < -0.4 is 5.73 Å². The minimum atomic E-state index is -3.63. The fraction of sp³-hybridized carbons (Fsp3) is 0.538. The van der Waals surface area contributed by atoms with Crippen LogP contribution in [-0.2, 0) is 16.8 Å². The summed E-state index contributed by atoms with van der Waals surface area (Å²) < 4.78 is 41.2. The van der Waals surface area contributed by atoms with Gasteiger partial charge in [-0.3, -0.25) is 0 Å². The molecule has 2 N–H and O–H groups in total. The first-order valence-corrected chi connectivity index (χ1v) is 8.48. The zero-order valence-corrected chi connectivity index (χ0v) is 13.4. The Morgan fingerprint density at radius 2 is 2.24 bits per heavy atom. The van der Waals surface area contributed by atoms with Gasteiger partial charge in [0.25, 0.3) is 10.2 Å². The lowest BCUT2D eigenvalue weighted by molar-refractivity contribution is 0.381. The molecule has 21 heavy (non-hydrogen) atoms. The molecule has 0 aromatic heterocycles. The molecule has 8 heteroatoms. The zero-order valence-electron chi connectivity index (χ0n) is 11.8. The Bertz CT molecular complexity index is 591. The highest BCUT2D eigenvalue weighted by Gasteiger charge is 2.33. The SMILES string of the molecule is CN(Cc1c(F)cccc1Cl)S(=O)(=O)N1CCC(CN)C1. The van der Waals surface area contributed by atoms with E-state index in [0.717, 1.165) is 10.7 Å². The van der Waals surface area contributed by atoms with Gasteiger partial charge in [0.15, 0.2) is 0 Å². The Hall–Kier alpha value is -0.730. The monoisotopic (exact) mass is 335 g/mol. The van der Waals surface area contributed by atoms with Crippen molar-refractivity contribution in [2.24, 2.45) is 11.7 Å². The second-order valence-corrected chi connectivity index (χ2v) is 7.66. The van der Waals surface area contributed by atoms with Crippen molar-refractivity contribution in [1.82, 2.24) is 8.61 Å². The smallest absolute Gasteiger partial charge is 0.282 e. The third-order valence-corrected chi connectivity index (χ3v) is 6.00. The van der Waals surface area contributed by atoms with E-state index in [1.807, 2.05) is 0 Å². The minimum Gasteiger partial charge on any atom is -0.330 e. The summed E-state index contributed by atoms with van der Waals surface area (Å²) in [5, 5.41) is 0.221. The summed E-state index contributed by atoms with van der Waals surface area (Å²) >= 11 is 5.94. The lowest BCUT2D eigenvalue weighted by atomic mass is 10.1. The summed E-state index contributed by atoms with van der Waals surface area (Å²) in [6.07, 6.45) is 0.754. The molecule has 1 aliphatic heterocycles. The first kappa shape index (κ1) is 16.6. The van der Waals surface area contributed by atoms with Crippen molar-refractivity contribution in [3.8, 4) is 0 Å². The highest BCUT2D eigenvalue weighted by Crippen LogP contribution is 2.24. The summed E-state index contributed by atoms with van der Waals surface area (Å²) in [4.78, 5) is 0. The predicted molar refractivity (Wildman–Crippen MR) is 80.5 cm³/mol. The van der Waals surface area contributed by atoms with E-state index in [-0.39, 0.29) is 23.0 Å². The molecule has 0 bridgehead atoms. The van der Waals surface area contributed by atoms with Gasteiger partial charge in [-0.2, -0.15) is 17.0 Å². The van der Waals surface area contributed by atoms with Crippen molar-refractivity contribution in [2.75, 3.05) is 26.7 Å². The van der Waals surface area contributed by atoms with E-state index in [9.17, 15) is 12.8 Å². The van der Waals surface area contributed by atoms with Gasteiger partial charge in [-0.15, -0.1) is 0 Å². The van der Waals surface area contributed by atoms with Crippen LogP contribution >= 0.6 is 11.6 Å². The molecule has 1 saturated heterocycles. The third-order valence-electron chi connectivity index (χ3n) is 3.74. The molecule has 0 aliphatic carbocycles. The number of hydrogen-bond acceptors (Lipinski definition) is 3. The van der Waals surface area contributed by atoms with E-state index in [4.69, 9.17) is 17.3 Å². The Kier molecular flexibility index (Phi) is 5.21. The van der Waals surface area contributed by atoms with Gasteiger partial charge < -0.3 is 5.73 Å². The maximum atomic E-state index is 13.8. The minimum absolute atomic E-state index is 0.0996. The second kappa shape index (κ2) is 6.58. The van der Waals surface area contributed by atoms with Crippen molar-refractivity contribution in [3.05, 3.63) is 34.6 Å². The van der Waals surface area contributed by atoms with Gasteiger partial charge in [-0.05, 0) is 31.0 Å². The molecule has 5 nitrogen and oxygen atoms in total. The number of nitrogens with two attached hydrogens (primary N) is 1. The fourth-order valence-corrected chi connectivity index (χ4v) is 4.03. The highest BCUT2D eigenvalue weighted by molar-refractivity contribution is 7.86. The summed E-state index contributed by atoms with van der Waals surface area (Å²) in [5.74, 6) is -0.323. The van der Waals surface area contributed by atoms with Crippen LogP contribution in [0, 0.1) is 11.7 Å². The summed E-state index contributed by atoms with van der Waals surface area (Å²) in [6, 6.07) is 4.30. The molecule has 1 atom stereocenters. The Balaban J connectivity index is 2.14. The topological polar surface area (TPSA) is 66.6 Å². The van der Waals surface area contributed by atoms with Crippen molar-refractivity contribution < 1.29 is 12.8 Å². The van der Waals surface area contributed by atoms with Crippen LogP contribution in [0.25, 0.3) is 0 Å². The van der Waals surface area contributed by atoms with Gasteiger partial charge in [0.05, 0.1) is 0 Å². The van der Waals surface area contributed by atoms with Crippen molar-refractivity contribution >= 4 is 21.8 Å². The largest absolute Gasteiger partial charge is 0.330 e. The van der Waals surface area contributed by atoms with Gasteiger partial charge in [-0.25, -0.2) is 4.39 Å². The van der Waals surface area contributed by atoms with E-state index in [1.165, 1.54) is 23.5 Å². The molecule has 0 amide bonds. The summed E-state index contributed by atoms with van der Waals surface area (Å²) in [5.41, 5.74) is 5.76. The van der Waals surface area contributed by atoms with Gasteiger partial charge in [0, 0.05) is 37.3 Å². The molecule has 0 spiro atoms. The molecule has 1 fully saturated rings. The fourth-order valence-electron chi connectivity index (χ4n) is 2.38. The van der Waals surface area contributed by atoms with Gasteiger partial charge in [0.1, 0.15) is 5.82 Å². The quantitative estimate of drug-likeness (QED) is 0.885.